The number of aliphatic hydroxyl groups is 1. The molecular weight excluding hydrogens is 503 g/mol. The lowest BCUT2D eigenvalue weighted by molar-refractivity contribution is -0.0731. The molecule has 2 heterocycles. The standard InChI is InChI=1S/C10H15F2N2O14P3/c11-4-10(12)7(16)5(26-8(10)14-2-1-6(15)13-9(14)17)3-25-30(21,22)28-31(23,24)27-29(18,19)20/h1-2,5,7-8,16H,3-4H2,(H,21,22)(H,23,24)(H,13,15,17)(H2,18,19,20)/t5-,7-,8-,10-/m1/s1. The van der Waals surface area contributed by atoms with E-state index in [0.29, 0.717) is 4.57 Å². The molecule has 1 saturated heterocycles. The molecule has 0 spiro atoms. The van der Waals surface area contributed by atoms with Crippen LogP contribution in [0.25, 0.3) is 0 Å². The van der Waals surface area contributed by atoms with Crippen LogP contribution in [0.15, 0.2) is 21.9 Å². The number of H-pyrrole nitrogens is 1. The topological polar surface area (TPSA) is 244 Å². The van der Waals surface area contributed by atoms with E-state index in [0.717, 1.165) is 12.3 Å². The van der Waals surface area contributed by atoms with Crippen LogP contribution in [-0.2, 0) is 31.6 Å². The highest BCUT2D eigenvalue weighted by atomic mass is 31.3. The van der Waals surface area contributed by atoms with Gasteiger partial charge in [0.05, 0.1) is 6.61 Å². The molecule has 0 bridgehead atoms. The van der Waals surface area contributed by atoms with E-state index < -0.39 is 72.1 Å². The Kier molecular flexibility index (Phi) is 7.60. The fourth-order valence-electron chi connectivity index (χ4n) is 2.46. The van der Waals surface area contributed by atoms with Crippen molar-refractivity contribution in [1.29, 1.82) is 0 Å². The molecule has 1 aliphatic heterocycles. The van der Waals surface area contributed by atoms with E-state index in [1.807, 2.05) is 0 Å². The van der Waals surface area contributed by atoms with Crippen molar-refractivity contribution in [3.05, 3.63) is 33.1 Å². The minimum atomic E-state index is -5.83. The minimum absolute atomic E-state index is 0.384. The van der Waals surface area contributed by atoms with Gasteiger partial charge in [-0.25, -0.2) is 27.3 Å². The van der Waals surface area contributed by atoms with Gasteiger partial charge in [-0.15, -0.1) is 0 Å². The summed E-state index contributed by atoms with van der Waals surface area (Å²) < 4.78 is 78.4. The van der Waals surface area contributed by atoms with Gasteiger partial charge in [-0.3, -0.25) is 18.9 Å². The van der Waals surface area contributed by atoms with E-state index >= 15 is 0 Å². The van der Waals surface area contributed by atoms with E-state index in [4.69, 9.17) is 19.4 Å². The molecular formula is C10H15F2N2O14P3. The van der Waals surface area contributed by atoms with Crippen LogP contribution in [0.3, 0.4) is 0 Å². The van der Waals surface area contributed by atoms with Crippen molar-refractivity contribution in [3.63, 3.8) is 0 Å². The molecule has 0 aromatic carbocycles. The highest BCUT2D eigenvalue weighted by Gasteiger charge is 2.59. The second kappa shape index (κ2) is 9.02. The van der Waals surface area contributed by atoms with E-state index in [2.05, 4.69) is 13.1 Å². The zero-order valence-corrected chi connectivity index (χ0v) is 17.4. The van der Waals surface area contributed by atoms with Crippen LogP contribution in [0.2, 0.25) is 0 Å². The first-order valence-corrected chi connectivity index (χ1v) is 12.2. The van der Waals surface area contributed by atoms with Gasteiger partial charge in [0.2, 0.25) is 5.67 Å². The maximum atomic E-state index is 15.0. The number of rotatable bonds is 9. The molecule has 6 N–H and O–H groups in total. The molecule has 0 aliphatic carbocycles. The summed E-state index contributed by atoms with van der Waals surface area (Å²) >= 11 is 0. The third kappa shape index (κ3) is 6.44. The summed E-state index contributed by atoms with van der Waals surface area (Å²) in [7, 11) is -17.1. The second-order valence-corrected chi connectivity index (χ2v) is 10.4. The number of alkyl halides is 2. The first-order chi connectivity index (χ1) is 14.0. The lowest BCUT2D eigenvalue weighted by Gasteiger charge is -2.26. The number of nitrogens with one attached hydrogen (secondary N) is 1. The molecule has 1 aromatic rings. The van der Waals surface area contributed by atoms with Gasteiger partial charge in [-0.2, -0.15) is 8.62 Å². The van der Waals surface area contributed by atoms with E-state index in [1.165, 1.54) is 0 Å². The molecule has 2 unspecified atom stereocenters. The SMILES string of the molecule is O=c1ccn([C@@H]2O[C@H](COP(=O)(O)OP(=O)(O)OP(=O)(O)O)[C@@H](O)[C@]2(F)CF)c(=O)[nH]1. The van der Waals surface area contributed by atoms with E-state index in [1.54, 1.807) is 4.98 Å². The average Bonchev–Trinajstić information content (AvgIpc) is 2.82. The Hall–Kier alpha value is -1.13. The summed E-state index contributed by atoms with van der Waals surface area (Å²) in [6.07, 6.45) is -5.83. The molecule has 31 heavy (non-hydrogen) atoms. The number of halogens is 2. The highest BCUT2D eigenvalue weighted by Crippen LogP contribution is 2.66. The van der Waals surface area contributed by atoms with Crippen molar-refractivity contribution < 1.29 is 65.0 Å². The molecule has 0 amide bonds. The Morgan fingerprint density at radius 2 is 1.77 bits per heavy atom. The third-order valence-electron chi connectivity index (χ3n) is 3.68. The van der Waals surface area contributed by atoms with Crippen LogP contribution in [0.5, 0.6) is 0 Å². The van der Waals surface area contributed by atoms with Crippen LogP contribution in [0, 0.1) is 0 Å². The highest BCUT2D eigenvalue weighted by molar-refractivity contribution is 7.66. The predicted octanol–water partition coefficient (Wildman–Crippen LogP) is -1.18. The first kappa shape index (κ1) is 26.1. The van der Waals surface area contributed by atoms with Gasteiger partial charge in [0.1, 0.15) is 18.9 Å². The predicted molar refractivity (Wildman–Crippen MR) is 90.9 cm³/mol. The molecule has 178 valence electrons. The monoisotopic (exact) mass is 518 g/mol. The zero-order valence-electron chi connectivity index (χ0n) is 14.8. The summed E-state index contributed by atoms with van der Waals surface area (Å²) in [5.74, 6) is 0. The zero-order chi connectivity index (χ0) is 23.8. The number of aliphatic hydroxyl groups excluding tert-OH is 1. The Morgan fingerprint density at radius 3 is 2.29 bits per heavy atom. The maximum absolute atomic E-state index is 15.0. The Labute approximate surface area is 169 Å². The number of aromatic nitrogens is 2. The van der Waals surface area contributed by atoms with Gasteiger partial charge in [-0.1, -0.05) is 0 Å². The number of nitrogens with zero attached hydrogens (tertiary/aromatic N) is 1. The summed E-state index contributed by atoms with van der Waals surface area (Å²) in [4.78, 5) is 60.0. The summed E-state index contributed by atoms with van der Waals surface area (Å²) in [6.45, 7) is -3.22. The number of hydrogen-bond acceptors (Lipinski definition) is 10. The number of phosphoric acid groups is 3. The van der Waals surface area contributed by atoms with Gasteiger partial charge in [0.25, 0.3) is 5.56 Å². The van der Waals surface area contributed by atoms with Gasteiger partial charge in [-0.05, 0) is 0 Å². The number of phosphoric ester groups is 1. The van der Waals surface area contributed by atoms with Crippen molar-refractivity contribution in [2.45, 2.75) is 24.1 Å². The van der Waals surface area contributed by atoms with Crippen LogP contribution >= 0.6 is 23.5 Å². The average molecular weight is 518 g/mol. The normalized spacial score (nSPS) is 30.6. The number of aromatic amines is 1. The third-order valence-corrected chi connectivity index (χ3v) is 7.49. The molecule has 0 saturated carbocycles. The van der Waals surface area contributed by atoms with Crippen LogP contribution in [0.4, 0.5) is 8.78 Å². The molecule has 1 aromatic heterocycles. The lowest BCUT2D eigenvalue weighted by Crippen LogP contribution is -2.47. The summed E-state index contributed by atoms with van der Waals surface area (Å²) in [6, 6.07) is 0.759. The van der Waals surface area contributed by atoms with Crippen molar-refractivity contribution in [2.75, 3.05) is 13.3 Å². The maximum Gasteiger partial charge on any atom is 0.490 e. The quantitative estimate of drug-likeness (QED) is 0.211. The van der Waals surface area contributed by atoms with Crippen molar-refractivity contribution >= 4 is 23.5 Å². The Morgan fingerprint density at radius 1 is 1.16 bits per heavy atom. The molecule has 21 heteroatoms. The van der Waals surface area contributed by atoms with E-state index in [-0.39, 0.29) is 0 Å². The van der Waals surface area contributed by atoms with Gasteiger partial charge < -0.3 is 29.4 Å². The fourth-order valence-corrected chi connectivity index (χ4v) is 5.49. The van der Waals surface area contributed by atoms with Gasteiger partial charge in [0.15, 0.2) is 6.23 Å². The largest absolute Gasteiger partial charge is 0.490 e. The lowest BCUT2D eigenvalue weighted by atomic mass is 9.97. The Balaban J connectivity index is 2.18. The first-order valence-electron chi connectivity index (χ1n) is 7.68. The van der Waals surface area contributed by atoms with Crippen LogP contribution in [-0.4, -0.2) is 65.4 Å². The molecule has 6 atom stereocenters. The molecule has 0 radical (unpaired) electrons. The van der Waals surface area contributed by atoms with Crippen molar-refractivity contribution in [3.8, 4) is 0 Å². The molecule has 16 nitrogen and oxygen atoms in total. The molecule has 1 fully saturated rings. The number of ether oxygens (including phenoxy) is 1. The number of hydrogen-bond donors (Lipinski definition) is 6. The molecule has 2 rings (SSSR count). The Bertz CT molecular complexity index is 1070. The van der Waals surface area contributed by atoms with E-state index in [9.17, 15) is 42.1 Å². The van der Waals surface area contributed by atoms with Crippen LogP contribution in [0.1, 0.15) is 6.23 Å². The summed E-state index contributed by atoms with van der Waals surface area (Å²) in [5.41, 5.74) is -5.42. The minimum Gasteiger partial charge on any atom is -0.387 e. The summed E-state index contributed by atoms with van der Waals surface area (Å²) in [5, 5.41) is 10.0. The van der Waals surface area contributed by atoms with Gasteiger partial charge in [0, 0.05) is 12.3 Å². The van der Waals surface area contributed by atoms with Crippen molar-refractivity contribution in [1.82, 2.24) is 9.55 Å². The fraction of sp³-hybridized carbons (Fsp3) is 0.600. The smallest absolute Gasteiger partial charge is 0.387 e. The van der Waals surface area contributed by atoms with Crippen LogP contribution < -0.4 is 11.2 Å². The second-order valence-electron chi connectivity index (χ2n) is 5.94. The van der Waals surface area contributed by atoms with Gasteiger partial charge >= 0.3 is 29.2 Å². The molecule has 1 aliphatic rings. The van der Waals surface area contributed by atoms with Crippen molar-refractivity contribution in [2.24, 2.45) is 0 Å².